The normalized spacial score (nSPS) is 16.1. The third-order valence-corrected chi connectivity index (χ3v) is 9.83. The molecule has 1 fully saturated rings. The van der Waals surface area contributed by atoms with Gasteiger partial charge in [-0.1, -0.05) is 23.7 Å². The van der Waals surface area contributed by atoms with Crippen LogP contribution in [0.4, 0.5) is 10.1 Å². The standard InChI is InChI=1S/C35H36ClFN6O5/c1-19-22(7-6-8-26(19)38-32(45)24-18-40(3)35(47)41(4)34(24)46)30-25(37)11-10-23(31(30)36)27-17-21-9-12-28(29(21)33(39-27)48-5)43-15-13-42(14-16-43)20(2)44/h6-8,10-11,17-18,28H,9,12-16H2,1-5H3,(H,38,45)/t28-/m0/s1. The highest BCUT2D eigenvalue weighted by Gasteiger charge is 2.35. The van der Waals surface area contributed by atoms with Crippen LogP contribution in [0, 0.1) is 12.7 Å². The molecular formula is C35H36ClFN6O5. The minimum atomic E-state index is -0.731. The van der Waals surface area contributed by atoms with Gasteiger partial charge < -0.3 is 19.5 Å². The van der Waals surface area contributed by atoms with Gasteiger partial charge >= 0.3 is 5.69 Å². The smallest absolute Gasteiger partial charge is 0.330 e. The van der Waals surface area contributed by atoms with Gasteiger partial charge in [-0.15, -0.1) is 0 Å². The largest absolute Gasteiger partial charge is 0.481 e. The molecule has 3 heterocycles. The molecule has 48 heavy (non-hydrogen) atoms. The summed E-state index contributed by atoms with van der Waals surface area (Å²) in [6.07, 6.45) is 2.89. The van der Waals surface area contributed by atoms with Gasteiger partial charge in [0, 0.05) is 81.8 Å². The highest BCUT2D eigenvalue weighted by Crippen LogP contribution is 2.45. The number of hydrogen-bond acceptors (Lipinski definition) is 7. The van der Waals surface area contributed by atoms with Crippen LogP contribution in [0.2, 0.25) is 5.02 Å². The molecule has 0 unspecified atom stereocenters. The van der Waals surface area contributed by atoms with Crippen molar-refractivity contribution < 1.29 is 18.7 Å². The van der Waals surface area contributed by atoms with E-state index in [1.54, 1.807) is 45.2 Å². The van der Waals surface area contributed by atoms with Gasteiger partial charge in [-0.3, -0.25) is 23.9 Å². The number of fused-ring (bicyclic) bond motifs is 1. The van der Waals surface area contributed by atoms with Crippen molar-refractivity contribution in [2.24, 2.45) is 14.1 Å². The number of carbonyl (C=O) groups is 2. The number of anilines is 1. The Hall–Kier alpha value is -4.81. The Balaban J connectivity index is 1.34. The number of nitrogens with zero attached hydrogens (tertiary/aromatic N) is 5. The number of piperazine rings is 1. The first-order valence-corrected chi connectivity index (χ1v) is 16.0. The Morgan fingerprint density at radius 1 is 1.06 bits per heavy atom. The SMILES string of the molecule is COc1nc(-c2ccc(F)c(-c3cccc(NC(=O)c4cn(C)c(=O)n(C)c4=O)c3C)c2Cl)cc2c1[C@@H](N1CCN(C(C)=O)CC1)CC2. The van der Waals surface area contributed by atoms with Crippen molar-refractivity contribution in [1.82, 2.24) is 23.9 Å². The number of hydrogen-bond donors (Lipinski definition) is 1. The fourth-order valence-corrected chi connectivity index (χ4v) is 7.13. The van der Waals surface area contributed by atoms with Crippen molar-refractivity contribution in [1.29, 1.82) is 0 Å². The number of aryl methyl sites for hydroxylation is 2. The molecule has 2 aromatic carbocycles. The summed E-state index contributed by atoms with van der Waals surface area (Å²) in [5, 5.41) is 2.88. The lowest BCUT2D eigenvalue weighted by molar-refractivity contribution is -0.130. The first-order chi connectivity index (χ1) is 22.9. The number of ether oxygens (including phenoxy) is 1. The number of benzene rings is 2. The van der Waals surface area contributed by atoms with Gasteiger partial charge in [0.2, 0.25) is 11.8 Å². The summed E-state index contributed by atoms with van der Waals surface area (Å²) in [6, 6.07) is 10.1. The maximum absolute atomic E-state index is 15.6. The van der Waals surface area contributed by atoms with E-state index in [-0.39, 0.29) is 28.1 Å². The molecule has 250 valence electrons. The number of rotatable bonds is 6. The van der Waals surface area contributed by atoms with Crippen molar-refractivity contribution >= 4 is 29.1 Å². The molecule has 1 aliphatic heterocycles. The molecule has 1 saturated heterocycles. The summed E-state index contributed by atoms with van der Waals surface area (Å²) in [4.78, 5) is 58.8. The lowest BCUT2D eigenvalue weighted by Gasteiger charge is -2.38. The van der Waals surface area contributed by atoms with Crippen LogP contribution in [0.25, 0.3) is 22.4 Å². The zero-order valence-corrected chi connectivity index (χ0v) is 28.2. The second kappa shape index (κ2) is 13.0. The molecule has 6 rings (SSSR count). The Bertz CT molecular complexity index is 2090. The molecule has 0 radical (unpaired) electrons. The van der Waals surface area contributed by atoms with E-state index >= 15 is 4.39 Å². The monoisotopic (exact) mass is 674 g/mol. The molecule has 1 aliphatic carbocycles. The summed E-state index contributed by atoms with van der Waals surface area (Å²) >= 11 is 6.99. The third-order valence-electron chi connectivity index (χ3n) is 9.43. The maximum atomic E-state index is 15.6. The first kappa shape index (κ1) is 33.1. The number of aromatic nitrogens is 3. The van der Waals surface area contributed by atoms with Crippen molar-refractivity contribution in [3.63, 3.8) is 0 Å². The van der Waals surface area contributed by atoms with Gasteiger partial charge in [-0.05, 0) is 60.7 Å². The third kappa shape index (κ3) is 5.79. The summed E-state index contributed by atoms with van der Waals surface area (Å²) in [5.41, 5.74) is 3.15. The number of carbonyl (C=O) groups excluding carboxylic acids is 2. The Morgan fingerprint density at radius 3 is 2.48 bits per heavy atom. The minimum absolute atomic E-state index is 0.0842. The van der Waals surface area contributed by atoms with E-state index in [0.717, 1.165) is 46.2 Å². The van der Waals surface area contributed by atoms with Crippen LogP contribution in [-0.2, 0) is 25.3 Å². The fourth-order valence-electron chi connectivity index (χ4n) is 6.78. The Labute approximate surface area is 281 Å². The van der Waals surface area contributed by atoms with Crippen molar-refractivity contribution in [2.45, 2.75) is 32.7 Å². The minimum Gasteiger partial charge on any atom is -0.481 e. The van der Waals surface area contributed by atoms with E-state index < -0.39 is 23.0 Å². The molecule has 1 atom stereocenters. The predicted octanol–water partition coefficient (Wildman–Crippen LogP) is 4.33. The molecule has 0 bridgehead atoms. The van der Waals surface area contributed by atoms with E-state index in [9.17, 15) is 19.2 Å². The van der Waals surface area contributed by atoms with E-state index in [1.807, 2.05) is 11.0 Å². The molecule has 2 aliphatic rings. The lowest BCUT2D eigenvalue weighted by Crippen LogP contribution is -2.48. The lowest BCUT2D eigenvalue weighted by atomic mass is 9.95. The molecule has 0 saturated carbocycles. The van der Waals surface area contributed by atoms with Gasteiger partial charge in [0.25, 0.3) is 11.5 Å². The predicted molar refractivity (Wildman–Crippen MR) is 181 cm³/mol. The number of amides is 2. The zero-order chi connectivity index (χ0) is 34.4. The zero-order valence-electron chi connectivity index (χ0n) is 27.4. The maximum Gasteiger partial charge on any atom is 0.330 e. The first-order valence-electron chi connectivity index (χ1n) is 15.6. The van der Waals surface area contributed by atoms with Crippen LogP contribution < -0.4 is 21.3 Å². The van der Waals surface area contributed by atoms with E-state index in [4.69, 9.17) is 21.3 Å². The van der Waals surface area contributed by atoms with Gasteiger partial charge in [0.15, 0.2) is 0 Å². The van der Waals surface area contributed by atoms with Crippen molar-refractivity contribution in [3.8, 4) is 28.3 Å². The molecule has 2 amide bonds. The van der Waals surface area contributed by atoms with Crippen LogP contribution in [0.15, 0.2) is 52.2 Å². The number of methoxy groups -OCH3 is 1. The Morgan fingerprint density at radius 2 is 1.79 bits per heavy atom. The molecule has 0 spiro atoms. The second-order valence-corrected chi connectivity index (χ2v) is 12.6. The van der Waals surface area contributed by atoms with E-state index in [2.05, 4.69) is 10.2 Å². The number of halogens is 2. The molecule has 4 aromatic rings. The summed E-state index contributed by atoms with van der Waals surface area (Å²) in [6.45, 7) is 6.21. The van der Waals surface area contributed by atoms with Gasteiger partial charge in [-0.2, -0.15) is 0 Å². The van der Waals surface area contributed by atoms with Crippen molar-refractivity contribution in [2.75, 3.05) is 38.6 Å². The molecule has 11 nitrogen and oxygen atoms in total. The molecule has 2 aromatic heterocycles. The highest BCUT2D eigenvalue weighted by molar-refractivity contribution is 6.36. The van der Waals surface area contributed by atoms with Crippen molar-refractivity contribution in [3.05, 3.63) is 96.5 Å². The summed E-state index contributed by atoms with van der Waals surface area (Å²) in [5.74, 6) is -0.687. The Kier molecular flexibility index (Phi) is 8.97. The topological polar surface area (TPSA) is 119 Å². The summed E-state index contributed by atoms with van der Waals surface area (Å²) < 4.78 is 23.5. The van der Waals surface area contributed by atoms with E-state index in [1.165, 1.54) is 26.4 Å². The number of pyridine rings is 1. The van der Waals surface area contributed by atoms with Crippen LogP contribution in [-0.4, -0.2) is 69.0 Å². The van der Waals surface area contributed by atoms with Gasteiger partial charge in [0.1, 0.15) is 11.4 Å². The van der Waals surface area contributed by atoms with Crippen LogP contribution in [0.3, 0.4) is 0 Å². The quantitative estimate of drug-likeness (QED) is 0.324. The van der Waals surface area contributed by atoms with Crippen LogP contribution in [0.1, 0.15) is 46.4 Å². The molecule has 13 heteroatoms. The summed E-state index contributed by atoms with van der Waals surface area (Å²) in [7, 11) is 4.33. The number of nitrogens with one attached hydrogen (secondary N) is 1. The average molecular weight is 675 g/mol. The van der Waals surface area contributed by atoms with Crippen LogP contribution >= 0.6 is 11.6 Å². The molecular weight excluding hydrogens is 639 g/mol. The highest BCUT2D eigenvalue weighted by atomic mass is 35.5. The average Bonchev–Trinajstić information content (AvgIpc) is 3.51. The molecule has 1 N–H and O–H groups in total. The fraction of sp³-hybridized carbons (Fsp3) is 0.343. The second-order valence-electron chi connectivity index (χ2n) is 12.2. The van der Waals surface area contributed by atoms with Gasteiger partial charge in [-0.25, -0.2) is 14.2 Å². The van der Waals surface area contributed by atoms with Crippen LogP contribution in [0.5, 0.6) is 5.88 Å². The van der Waals surface area contributed by atoms with Gasteiger partial charge in [0.05, 0.1) is 17.8 Å². The van der Waals surface area contributed by atoms with E-state index in [0.29, 0.717) is 47.0 Å².